The number of imide groups is 1. The molecule has 2 saturated heterocycles. The summed E-state index contributed by atoms with van der Waals surface area (Å²) in [6.07, 6.45) is 5.43. The third-order valence-electron chi connectivity index (χ3n) is 4.60. The Morgan fingerprint density at radius 2 is 1.85 bits per heavy atom. The lowest BCUT2D eigenvalue weighted by molar-refractivity contribution is -0.125. The van der Waals surface area contributed by atoms with Crippen molar-refractivity contribution in [1.29, 1.82) is 0 Å². The summed E-state index contributed by atoms with van der Waals surface area (Å²) in [5.41, 5.74) is -0.804. The zero-order chi connectivity index (χ0) is 14.2. The summed E-state index contributed by atoms with van der Waals surface area (Å²) in [7, 11) is 0. The number of likely N-dealkylation sites (tertiary alicyclic amines) is 1. The second kappa shape index (κ2) is 4.96. The highest BCUT2D eigenvalue weighted by atomic mass is 16.2. The molecule has 20 heavy (non-hydrogen) atoms. The first-order valence-electron chi connectivity index (χ1n) is 7.28. The van der Waals surface area contributed by atoms with E-state index in [0.717, 1.165) is 12.8 Å². The fourth-order valence-electron chi connectivity index (χ4n) is 3.31. The SMILES string of the molecule is O=C1NC(=O)C2(CCN(C(=O)NC3CCCC3)CC2)N1. The van der Waals surface area contributed by atoms with Crippen LogP contribution in [-0.4, -0.2) is 47.5 Å². The Balaban J connectivity index is 1.54. The van der Waals surface area contributed by atoms with E-state index in [2.05, 4.69) is 16.0 Å². The molecule has 0 radical (unpaired) electrons. The Kier molecular flexibility index (Phi) is 3.27. The molecule has 3 aliphatic rings. The molecule has 0 unspecified atom stereocenters. The van der Waals surface area contributed by atoms with Crippen LogP contribution in [0.1, 0.15) is 38.5 Å². The van der Waals surface area contributed by atoms with E-state index >= 15 is 0 Å². The van der Waals surface area contributed by atoms with Gasteiger partial charge >= 0.3 is 12.1 Å². The molecule has 2 aliphatic heterocycles. The smallest absolute Gasteiger partial charge is 0.322 e. The summed E-state index contributed by atoms with van der Waals surface area (Å²) in [4.78, 5) is 36.9. The van der Waals surface area contributed by atoms with E-state index in [0.29, 0.717) is 32.0 Å². The number of nitrogens with one attached hydrogen (secondary N) is 3. The van der Waals surface area contributed by atoms with E-state index in [9.17, 15) is 14.4 Å². The average molecular weight is 280 g/mol. The van der Waals surface area contributed by atoms with Crippen LogP contribution in [0, 0.1) is 0 Å². The molecule has 5 amide bonds. The van der Waals surface area contributed by atoms with Crippen molar-refractivity contribution in [3.8, 4) is 0 Å². The summed E-state index contributed by atoms with van der Waals surface area (Å²) in [6, 6.07) is -0.178. The van der Waals surface area contributed by atoms with Gasteiger partial charge in [-0.2, -0.15) is 0 Å². The minimum absolute atomic E-state index is 0.0449. The van der Waals surface area contributed by atoms with Crippen LogP contribution in [-0.2, 0) is 4.79 Å². The fraction of sp³-hybridized carbons (Fsp3) is 0.769. The van der Waals surface area contributed by atoms with Gasteiger partial charge in [-0.3, -0.25) is 10.1 Å². The molecule has 7 heteroatoms. The Bertz CT molecular complexity index is 437. The van der Waals surface area contributed by atoms with E-state index in [1.807, 2.05) is 0 Å². The first-order chi connectivity index (χ1) is 9.59. The third kappa shape index (κ3) is 2.32. The monoisotopic (exact) mass is 280 g/mol. The van der Waals surface area contributed by atoms with Crippen LogP contribution in [0.4, 0.5) is 9.59 Å². The highest BCUT2D eigenvalue weighted by Gasteiger charge is 2.48. The van der Waals surface area contributed by atoms with E-state index in [4.69, 9.17) is 0 Å². The van der Waals surface area contributed by atoms with Gasteiger partial charge in [0.05, 0.1) is 0 Å². The van der Waals surface area contributed by atoms with E-state index in [1.165, 1.54) is 12.8 Å². The van der Waals surface area contributed by atoms with Crippen molar-refractivity contribution < 1.29 is 14.4 Å². The zero-order valence-electron chi connectivity index (χ0n) is 11.4. The topological polar surface area (TPSA) is 90.5 Å². The Hall–Kier alpha value is -1.79. The van der Waals surface area contributed by atoms with Crippen molar-refractivity contribution >= 4 is 18.0 Å². The van der Waals surface area contributed by atoms with Gasteiger partial charge in [-0.15, -0.1) is 0 Å². The van der Waals surface area contributed by atoms with Crippen molar-refractivity contribution in [2.45, 2.75) is 50.1 Å². The lowest BCUT2D eigenvalue weighted by atomic mass is 9.88. The summed E-state index contributed by atoms with van der Waals surface area (Å²) in [5.74, 6) is -0.265. The number of amides is 5. The molecule has 1 saturated carbocycles. The van der Waals surface area contributed by atoms with Gasteiger partial charge in [0.25, 0.3) is 5.91 Å². The molecule has 3 fully saturated rings. The van der Waals surface area contributed by atoms with Crippen LogP contribution in [0.3, 0.4) is 0 Å². The molecular weight excluding hydrogens is 260 g/mol. The minimum Gasteiger partial charge on any atom is -0.335 e. The summed E-state index contributed by atoms with van der Waals surface area (Å²) >= 11 is 0. The lowest BCUT2D eigenvalue weighted by Crippen LogP contribution is -2.57. The number of nitrogens with zero attached hydrogens (tertiary/aromatic N) is 1. The second-order valence-electron chi connectivity index (χ2n) is 5.91. The number of rotatable bonds is 1. The van der Waals surface area contributed by atoms with Gasteiger partial charge in [0.15, 0.2) is 0 Å². The van der Waals surface area contributed by atoms with Crippen LogP contribution >= 0.6 is 0 Å². The molecule has 3 N–H and O–H groups in total. The molecule has 0 aromatic heterocycles. The van der Waals surface area contributed by atoms with Crippen molar-refractivity contribution in [2.24, 2.45) is 0 Å². The molecule has 0 aromatic carbocycles. The minimum atomic E-state index is -0.804. The zero-order valence-corrected chi connectivity index (χ0v) is 11.4. The fourth-order valence-corrected chi connectivity index (χ4v) is 3.31. The predicted molar refractivity (Wildman–Crippen MR) is 71.0 cm³/mol. The van der Waals surface area contributed by atoms with Gasteiger partial charge < -0.3 is 15.5 Å². The Morgan fingerprint density at radius 1 is 1.20 bits per heavy atom. The molecule has 0 bridgehead atoms. The van der Waals surface area contributed by atoms with Crippen LogP contribution in [0.5, 0.6) is 0 Å². The predicted octanol–water partition coefficient (Wildman–Crippen LogP) is 0.313. The van der Waals surface area contributed by atoms with Gasteiger partial charge in [-0.05, 0) is 25.7 Å². The van der Waals surface area contributed by atoms with E-state index in [-0.39, 0.29) is 11.9 Å². The van der Waals surface area contributed by atoms with Crippen molar-refractivity contribution in [1.82, 2.24) is 20.9 Å². The third-order valence-corrected chi connectivity index (χ3v) is 4.60. The molecule has 3 rings (SSSR count). The molecule has 7 nitrogen and oxygen atoms in total. The molecule has 0 aromatic rings. The summed E-state index contributed by atoms with van der Waals surface area (Å²) < 4.78 is 0. The van der Waals surface area contributed by atoms with Gasteiger partial charge in [-0.25, -0.2) is 9.59 Å². The average Bonchev–Trinajstić information content (AvgIpc) is 3.00. The first-order valence-corrected chi connectivity index (χ1v) is 7.28. The molecule has 1 aliphatic carbocycles. The van der Waals surface area contributed by atoms with Crippen LogP contribution in [0.25, 0.3) is 0 Å². The number of urea groups is 2. The maximum atomic E-state index is 12.1. The maximum absolute atomic E-state index is 12.1. The van der Waals surface area contributed by atoms with Crippen LogP contribution in [0.15, 0.2) is 0 Å². The van der Waals surface area contributed by atoms with Gasteiger partial charge in [-0.1, -0.05) is 12.8 Å². The second-order valence-corrected chi connectivity index (χ2v) is 5.91. The van der Waals surface area contributed by atoms with Crippen molar-refractivity contribution in [3.05, 3.63) is 0 Å². The first kappa shape index (κ1) is 13.2. The van der Waals surface area contributed by atoms with Crippen molar-refractivity contribution in [2.75, 3.05) is 13.1 Å². The van der Waals surface area contributed by atoms with E-state index in [1.54, 1.807) is 4.90 Å². The molecular formula is C13H20N4O3. The molecule has 1 spiro atoms. The highest BCUT2D eigenvalue weighted by Crippen LogP contribution is 2.26. The van der Waals surface area contributed by atoms with Gasteiger partial charge in [0.1, 0.15) is 5.54 Å². The van der Waals surface area contributed by atoms with Gasteiger partial charge in [0, 0.05) is 19.1 Å². The lowest BCUT2D eigenvalue weighted by Gasteiger charge is -2.37. The molecule has 2 heterocycles. The highest BCUT2D eigenvalue weighted by molar-refractivity contribution is 6.07. The number of hydrogen-bond acceptors (Lipinski definition) is 3. The Morgan fingerprint density at radius 3 is 2.40 bits per heavy atom. The molecule has 0 atom stereocenters. The summed E-state index contributed by atoms with van der Waals surface area (Å²) in [5, 5.41) is 8.01. The normalized spacial score (nSPS) is 25.7. The van der Waals surface area contributed by atoms with Gasteiger partial charge in [0.2, 0.25) is 0 Å². The van der Waals surface area contributed by atoms with Crippen LogP contribution < -0.4 is 16.0 Å². The molecule has 110 valence electrons. The summed E-state index contributed by atoms with van der Waals surface area (Å²) in [6.45, 7) is 0.985. The number of piperidine rings is 1. The van der Waals surface area contributed by atoms with Crippen molar-refractivity contribution in [3.63, 3.8) is 0 Å². The number of carbonyl (C=O) groups is 3. The Labute approximate surface area is 117 Å². The largest absolute Gasteiger partial charge is 0.335 e. The number of carbonyl (C=O) groups excluding carboxylic acids is 3. The quantitative estimate of drug-likeness (QED) is 0.604. The van der Waals surface area contributed by atoms with Crippen LogP contribution in [0.2, 0.25) is 0 Å². The maximum Gasteiger partial charge on any atom is 0.322 e. The standard InChI is InChI=1S/C13H20N4O3/c18-10-13(16-11(19)15-10)5-7-17(8-6-13)12(20)14-9-3-1-2-4-9/h9H,1-8H2,(H,14,20)(H2,15,16,18,19). The number of hydrogen-bond donors (Lipinski definition) is 3. The van der Waals surface area contributed by atoms with E-state index < -0.39 is 11.6 Å².